The maximum atomic E-state index is 11.9. The topological polar surface area (TPSA) is 134 Å². The quantitative estimate of drug-likeness (QED) is 0.288. The Hall–Kier alpha value is -1.32. The number of ether oxygens (including phenoxy) is 2. The van der Waals surface area contributed by atoms with E-state index in [1.807, 2.05) is 0 Å². The van der Waals surface area contributed by atoms with Crippen molar-refractivity contribution in [2.45, 2.75) is 51.7 Å². The molecule has 5 N–H and O–H groups in total. The second-order valence-corrected chi connectivity index (χ2v) is 6.75. The summed E-state index contributed by atoms with van der Waals surface area (Å²) in [5.74, 6) is -0.307. The Labute approximate surface area is 153 Å². The van der Waals surface area contributed by atoms with Gasteiger partial charge in [-0.25, -0.2) is 0 Å². The van der Waals surface area contributed by atoms with E-state index in [1.165, 1.54) is 25.6 Å². The summed E-state index contributed by atoms with van der Waals surface area (Å²) < 4.78 is 9.92. The number of esters is 2. The number of amides is 1. The SMILES string of the molecule is CC(=O)OCC(CSCC(N)C(=O)NCCCCCCN)OC(C)=O. The van der Waals surface area contributed by atoms with E-state index < -0.39 is 24.1 Å². The largest absolute Gasteiger partial charge is 0.462 e. The summed E-state index contributed by atoms with van der Waals surface area (Å²) in [6.45, 7) is 3.86. The standard InChI is InChI=1S/C16H31N3O5S/c1-12(20)23-9-14(24-13(2)21)10-25-11-15(18)16(22)19-8-6-4-3-5-7-17/h14-15H,3-11,17-18H2,1-2H3,(H,19,22). The van der Waals surface area contributed by atoms with Crippen LogP contribution in [-0.4, -0.2) is 61.2 Å². The number of carbonyl (C=O) groups is 3. The van der Waals surface area contributed by atoms with Crippen LogP contribution in [0.5, 0.6) is 0 Å². The second kappa shape index (κ2) is 15.0. The highest BCUT2D eigenvalue weighted by Gasteiger charge is 2.17. The molecule has 0 heterocycles. The summed E-state index contributed by atoms with van der Waals surface area (Å²) in [5.41, 5.74) is 11.3. The van der Waals surface area contributed by atoms with Crippen LogP contribution in [-0.2, 0) is 23.9 Å². The van der Waals surface area contributed by atoms with Crippen molar-refractivity contribution in [2.24, 2.45) is 11.5 Å². The average Bonchev–Trinajstić information content (AvgIpc) is 2.54. The molecule has 0 aromatic rings. The van der Waals surface area contributed by atoms with Crippen LogP contribution >= 0.6 is 11.8 Å². The van der Waals surface area contributed by atoms with Gasteiger partial charge in [-0.3, -0.25) is 14.4 Å². The highest BCUT2D eigenvalue weighted by atomic mass is 32.2. The van der Waals surface area contributed by atoms with E-state index in [4.69, 9.17) is 20.9 Å². The lowest BCUT2D eigenvalue weighted by atomic mass is 10.2. The van der Waals surface area contributed by atoms with Crippen molar-refractivity contribution >= 4 is 29.6 Å². The summed E-state index contributed by atoms with van der Waals surface area (Å²) in [7, 11) is 0. The van der Waals surface area contributed by atoms with Crippen molar-refractivity contribution in [3.8, 4) is 0 Å². The molecule has 146 valence electrons. The lowest BCUT2D eigenvalue weighted by molar-refractivity contribution is -0.154. The molecule has 0 aliphatic rings. The molecule has 9 heteroatoms. The second-order valence-electron chi connectivity index (χ2n) is 5.67. The van der Waals surface area contributed by atoms with Crippen LogP contribution in [0.4, 0.5) is 0 Å². The fraction of sp³-hybridized carbons (Fsp3) is 0.812. The van der Waals surface area contributed by atoms with Crippen molar-refractivity contribution < 1.29 is 23.9 Å². The zero-order valence-electron chi connectivity index (χ0n) is 15.1. The van der Waals surface area contributed by atoms with E-state index in [1.54, 1.807) is 0 Å². The Morgan fingerprint density at radius 1 is 1.04 bits per heavy atom. The Morgan fingerprint density at radius 3 is 2.32 bits per heavy atom. The van der Waals surface area contributed by atoms with Gasteiger partial charge in [0, 0.05) is 31.9 Å². The molecule has 0 spiro atoms. The third-order valence-electron chi connectivity index (χ3n) is 3.17. The fourth-order valence-electron chi connectivity index (χ4n) is 1.93. The van der Waals surface area contributed by atoms with E-state index in [0.29, 0.717) is 24.6 Å². The first kappa shape index (κ1) is 23.7. The van der Waals surface area contributed by atoms with Gasteiger partial charge in [-0.15, -0.1) is 0 Å². The zero-order chi connectivity index (χ0) is 19.1. The molecule has 0 aromatic heterocycles. The molecule has 2 unspecified atom stereocenters. The average molecular weight is 378 g/mol. The number of nitrogens with one attached hydrogen (secondary N) is 1. The third-order valence-corrected chi connectivity index (χ3v) is 4.38. The maximum Gasteiger partial charge on any atom is 0.303 e. The predicted octanol–water partition coefficient (Wildman–Crippen LogP) is 0.177. The number of nitrogens with two attached hydrogens (primary N) is 2. The molecule has 1 amide bonds. The lowest BCUT2D eigenvalue weighted by Gasteiger charge is -2.17. The molecule has 8 nitrogen and oxygen atoms in total. The van der Waals surface area contributed by atoms with Gasteiger partial charge in [-0.05, 0) is 19.4 Å². The van der Waals surface area contributed by atoms with Crippen LogP contribution < -0.4 is 16.8 Å². The first-order valence-electron chi connectivity index (χ1n) is 8.48. The molecule has 0 aliphatic carbocycles. The van der Waals surface area contributed by atoms with Crippen molar-refractivity contribution in [1.82, 2.24) is 5.32 Å². The molecular formula is C16H31N3O5S. The summed E-state index contributed by atoms with van der Waals surface area (Å²) in [6, 6.07) is -0.638. The first-order valence-corrected chi connectivity index (χ1v) is 9.64. The molecule has 0 rings (SSSR count). The van der Waals surface area contributed by atoms with Gasteiger partial charge >= 0.3 is 11.9 Å². The highest BCUT2D eigenvalue weighted by Crippen LogP contribution is 2.09. The van der Waals surface area contributed by atoms with Gasteiger partial charge in [0.15, 0.2) is 0 Å². The Kier molecular flexibility index (Phi) is 14.2. The van der Waals surface area contributed by atoms with Gasteiger partial charge < -0.3 is 26.3 Å². The van der Waals surface area contributed by atoms with Crippen LogP contribution in [0.25, 0.3) is 0 Å². The predicted molar refractivity (Wildman–Crippen MR) is 98.0 cm³/mol. The number of unbranched alkanes of at least 4 members (excludes halogenated alkanes) is 3. The molecule has 0 fully saturated rings. The van der Waals surface area contributed by atoms with E-state index in [9.17, 15) is 14.4 Å². The normalized spacial score (nSPS) is 13.0. The summed E-state index contributed by atoms with van der Waals surface area (Å²) in [5, 5.41) is 2.81. The Balaban J connectivity index is 3.94. The van der Waals surface area contributed by atoms with Crippen LogP contribution in [0.15, 0.2) is 0 Å². The number of hydrogen-bond acceptors (Lipinski definition) is 8. The number of rotatable bonds is 14. The molecule has 0 saturated heterocycles. The van der Waals surface area contributed by atoms with Crippen molar-refractivity contribution in [3.05, 3.63) is 0 Å². The molecule has 0 saturated carbocycles. The summed E-state index contributed by atoms with van der Waals surface area (Å²) in [6.07, 6.45) is 3.45. The smallest absolute Gasteiger partial charge is 0.303 e. The number of thioether (sulfide) groups is 1. The van der Waals surface area contributed by atoms with Gasteiger partial charge in [0.25, 0.3) is 0 Å². The number of carbonyl (C=O) groups excluding carboxylic acids is 3. The molecule has 0 aromatic carbocycles. The highest BCUT2D eigenvalue weighted by molar-refractivity contribution is 7.99. The van der Waals surface area contributed by atoms with Crippen LogP contribution in [0.2, 0.25) is 0 Å². The van der Waals surface area contributed by atoms with Crippen molar-refractivity contribution in [3.63, 3.8) is 0 Å². The van der Waals surface area contributed by atoms with Crippen molar-refractivity contribution in [2.75, 3.05) is 31.2 Å². The molecule has 0 radical (unpaired) electrons. The molecule has 0 bridgehead atoms. The van der Waals surface area contributed by atoms with E-state index in [0.717, 1.165) is 25.7 Å². The molecule has 0 aliphatic heterocycles. The van der Waals surface area contributed by atoms with Gasteiger partial charge in [0.2, 0.25) is 5.91 Å². The number of hydrogen-bond donors (Lipinski definition) is 3. The first-order chi connectivity index (χ1) is 11.9. The fourth-order valence-corrected chi connectivity index (χ4v) is 2.90. The third kappa shape index (κ3) is 14.7. The summed E-state index contributed by atoms with van der Waals surface area (Å²) in [4.78, 5) is 33.8. The van der Waals surface area contributed by atoms with Crippen molar-refractivity contribution in [1.29, 1.82) is 0 Å². The molecule has 25 heavy (non-hydrogen) atoms. The van der Waals surface area contributed by atoms with Crippen LogP contribution in [0.1, 0.15) is 39.5 Å². The minimum atomic E-state index is -0.638. The minimum Gasteiger partial charge on any atom is -0.462 e. The molecular weight excluding hydrogens is 346 g/mol. The lowest BCUT2D eigenvalue weighted by Crippen LogP contribution is -2.43. The van der Waals surface area contributed by atoms with E-state index in [-0.39, 0.29) is 12.5 Å². The van der Waals surface area contributed by atoms with Gasteiger partial charge in [0.05, 0.1) is 6.04 Å². The van der Waals surface area contributed by atoms with Gasteiger partial charge in [-0.1, -0.05) is 12.8 Å². The van der Waals surface area contributed by atoms with E-state index in [2.05, 4.69) is 5.32 Å². The molecule has 2 atom stereocenters. The minimum absolute atomic E-state index is 0.00779. The van der Waals surface area contributed by atoms with Gasteiger partial charge in [-0.2, -0.15) is 11.8 Å². The van der Waals surface area contributed by atoms with Gasteiger partial charge in [0.1, 0.15) is 12.7 Å². The summed E-state index contributed by atoms with van der Waals surface area (Å²) >= 11 is 1.37. The Morgan fingerprint density at radius 2 is 1.72 bits per heavy atom. The van der Waals surface area contributed by atoms with E-state index >= 15 is 0 Å². The van der Waals surface area contributed by atoms with Crippen LogP contribution in [0, 0.1) is 0 Å². The van der Waals surface area contributed by atoms with Crippen LogP contribution in [0.3, 0.4) is 0 Å². The zero-order valence-corrected chi connectivity index (χ0v) is 15.9. The maximum absolute atomic E-state index is 11.9. The monoisotopic (exact) mass is 377 g/mol. The Bertz CT molecular complexity index is 409.